The van der Waals surface area contributed by atoms with Crippen LogP contribution in [0.3, 0.4) is 0 Å². The molecule has 2 rings (SSSR count). The average molecular weight is 323 g/mol. The highest BCUT2D eigenvalue weighted by Gasteiger charge is 2.54. The summed E-state index contributed by atoms with van der Waals surface area (Å²) in [5.74, 6) is -1.48. The molecule has 2 fully saturated rings. The fraction of sp³-hybridized carbons (Fsp3) is 1.00. The van der Waals surface area contributed by atoms with Crippen LogP contribution in [0.15, 0.2) is 0 Å². The molecule has 0 bridgehead atoms. The Morgan fingerprint density at radius 3 is 2.32 bits per heavy atom. The van der Waals surface area contributed by atoms with Crippen molar-refractivity contribution in [1.82, 2.24) is 4.90 Å². The molecule has 22 heavy (non-hydrogen) atoms. The van der Waals surface area contributed by atoms with Gasteiger partial charge in [0.15, 0.2) is 5.79 Å². The third kappa shape index (κ3) is 3.01. The molecule has 9 nitrogen and oxygen atoms in total. The molecule has 0 aromatic heterocycles. The molecule has 9 heteroatoms. The van der Waals surface area contributed by atoms with Crippen molar-refractivity contribution in [1.29, 1.82) is 0 Å². The summed E-state index contributed by atoms with van der Waals surface area (Å²) in [6, 6.07) is -0.610. The Bertz CT molecular complexity index is 372. The van der Waals surface area contributed by atoms with Crippen LogP contribution >= 0.6 is 0 Å². The lowest BCUT2D eigenvalue weighted by molar-refractivity contribution is -0.252. The van der Waals surface area contributed by atoms with Crippen LogP contribution in [0.25, 0.3) is 0 Å². The Kier molecular flexibility index (Phi) is 5.75. The van der Waals surface area contributed by atoms with Gasteiger partial charge in [0.1, 0.15) is 18.3 Å². The number of rotatable bonds is 6. The lowest BCUT2D eigenvalue weighted by atomic mass is 10.0. The Morgan fingerprint density at radius 1 is 1.14 bits per heavy atom. The largest absolute Gasteiger partial charge is 0.395 e. The van der Waals surface area contributed by atoms with Crippen LogP contribution in [0.1, 0.15) is 6.42 Å². The number of nitrogens with zero attached hydrogens (tertiary/aromatic N) is 1. The SMILES string of the molecule is CO[C@@]1(CCN2C[C@@H](O)[C@H](O)[C@H]2CO)O[C@@H](CO)[C@H](O)[C@H]1O. The number of hydrogen-bond donors (Lipinski definition) is 6. The van der Waals surface area contributed by atoms with Crippen molar-refractivity contribution < 1.29 is 40.1 Å². The molecule has 7 atom stereocenters. The second-order valence-electron chi connectivity index (χ2n) is 5.84. The van der Waals surface area contributed by atoms with E-state index < -0.39 is 49.0 Å². The highest BCUT2D eigenvalue weighted by atomic mass is 16.7. The Balaban J connectivity index is 2.02. The van der Waals surface area contributed by atoms with E-state index in [-0.39, 0.29) is 26.1 Å². The van der Waals surface area contributed by atoms with Crippen LogP contribution in [-0.2, 0) is 9.47 Å². The maximum atomic E-state index is 10.1. The van der Waals surface area contributed by atoms with Gasteiger partial charge < -0.3 is 40.1 Å². The van der Waals surface area contributed by atoms with Crippen molar-refractivity contribution in [3.63, 3.8) is 0 Å². The number of aliphatic hydroxyl groups excluding tert-OH is 6. The summed E-state index contributed by atoms with van der Waals surface area (Å²) >= 11 is 0. The van der Waals surface area contributed by atoms with Crippen LogP contribution in [-0.4, -0.2) is 111 Å². The molecular weight excluding hydrogens is 298 g/mol. The molecule has 6 N–H and O–H groups in total. The normalized spacial score (nSPS) is 46.5. The van der Waals surface area contributed by atoms with E-state index in [0.717, 1.165) is 0 Å². The second-order valence-corrected chi connectivity index (χ2v) is 5.84. The van der Waals surface area contributed by atoms with E-state index in [1.807, 2.05) is 0 Å². The van der Waals surface area contributed by atoms with Crippen LogP contribution in [0.2, 0.25) is 0 Å². The maximum absolute atomic E-state index is 10.1. The van der Waals surface area contributed by atoms with Crippen LogP contribution in [0.5, 0.6) is 0 Å². The van der Waals surface area contributed by atoms with Gasteiger partial charge in [-0.2, -0.15) is 0 Å². The summed E-state index contributed by atoms with van der Waals surface area (Å²) in [5.41, 5.74) is 0. The zero-order valence-corrected chi connectivity index (χ0v) is 12.4. The first-order valence-corrected chi connectivity index (χ1v) is 7.31. The molecule has 0 spiro atoms. The van der Waals surface area contributed by atoms with Crippen molar-refractivity contribution in [2.45, 2.75) is 48.8 Å². The van der Waals surface area contributed by atoms with Gasteiger partial charge >= 0.3 is 0 Å². The van der Waals surface area contributed by atoms with E-state index in [9.17, 15) is 25.5 Å². The van der Waals surface area contributed by atoms with Crippen LogP contribution in [0, 0.1) is 0 Å². The fourth-order valence-corrected chi connectivity index (χ4v) is 3.22. The summed E-state index contributed by atoms with van der Waals surface area (Å²) in [7, 11) is 1.33. The molecule has 0 aromatic rings. The molecule has 130 valence electrons. The first-order chi connectivity index (χ1) is 10.4. The zero-order chi connectivity index (χ0) is 16.5. The summed E-state index contributed by atoms with van der Waals surface area (Å²) in [6.07, 6.45) is -5.42. The molecule has 0 aliphatic carbocycles. The smallest absolute Gasteiger partial charge is 0.198 e. The lowest BCUT2D eigenvalue weighted by Gasteiger charge is -2.33. The highest BCUT2D eigenvalue weighted by molar-refractivity contribution is 4.99. The summed E-state index contributed by atoms with van der Waals surface area (Å²) in [5, 5.41) is 57.9. The molecule has 2 aliphatic rings. The van der Waals surface area contributed by atoms with Gasteiger partial charge in [0.2, 0.25) is 0 Å². The molecule has 0 aromatic carbocycles. The predicted molar refractivity (Wildman–Crippen MR) is 72.8 cm³/mol. The number of β-amino-alcohol motifs (C(OH)–C–C–N with tert-alkyl or cyclic N) is 1. The Morgan fingerprint density at radius 2 is 1.82 bits per heavy atom. The molecule has 0 radical (unpaired) electrons. The van der Waals surface area contributed by atoms with E-state index in [0.29, 0.717) is 0 Å². The van der Waals surface area contributed by atoms with Crippen LogP contribution in [0.4, 0.5) is 0 Å². The first-order valence-electron chi connectivity index (χ1n) is 7.31. The number of methoxy groups -OCH3 is 1. The van der Waals surface area contributed by atoms with E-state index in [1.54, 1.807) is 4.90 Å². The van der Waals surface area contributed by atoms with Gasteiger partial charge in [-0.05, 0) is 0 Å². The standard InChI is InChI=1S/C13H25NO8/c1-21-13(12(20)11(19)9(6-16)22-13)2-3-14-4-8(17)10(18)7(14)5-15/h7-12,15-20H,2-6H2,1H3/t7-,8-,9+,10-,11+,12-,13+/m1/s1. The minimum Gasteiger partial charge on any atom is -0.395 e. The van der Waals surface area contributed by atoms with E-state index in [1.165, 1.54) is 7.11 Å². The average Bonchev–Trinajstić information content (AvgIpc) is 2.93. The summed E-state index contributed by atoms with van der Waals surface area (Å²) in [6.45, 7) is -0.337. The lowest BCUT2D eigenvalue weighted by Crippen LogP contribution is -2.48. The van der Waals surface area contributed by atoms with Crippen molar-refractivity contribution in [3.8, 4) is 0 Å². The van der Waals surface area contributed by atoms with Crippen LogP contribution < -0.4 is 0 Å². The van der Waals surface area contributed by atoms with Gasteiger partial charge in [-0.3, -0.25) is 4.90 Å². The van der Waals surface area contributed by atoms with Crippen molar-refractivity contribution in [2.24, 2.45) is 0 Å². The third-order valence-electron chi connectivity index (χ3n) is 4.64. The van der Waals surface area contributed by atoms with Crippen molar-refractivity contribution in [2.75, 3.05) is 33.4 Å². The van der Waals surface area contributed by atoms with Gasteiger partial charge in [0.25, 0.3) is 0 Å². The van der Waals surface area contributed by atoms with Gasteiger partial charge in [0, 0.05) is 26.6 Å². The minimum absolute atomic E-state index is 0.133. The minimum atomic E-state index is -1.48. The number of hydrogen-bond acceptors (Lipinski definition) is 9. The molecule has 0 unspecified atom stereocenters. The van der Waals surface area contributed by atoms with E-state index >= 15 is 0 Å². The third-order valence-corrected chi connectivity index (χ3v) is 4.64. The van der Waals surface area contributed by atoms with Gasteiger partial charge in [0.05, 0.1) is 31.5 Å². The van der Waals surface area contributed by atoms with Gasteiger partial charge in [-0.15, -0.1) is 0 Å². The summed E-state index contributed by atoms with van der Waals surface area (Å²) < 4.78 is 10.7. The first kappa shape index (κ1) is 18.0. The molecule has 0 amide bonds. The molecule has 2 saturated heterocycles. The number of ether oxygens (including phenoxy) is 2. The predicted octanol–water partition coefficient (Wildman–Crippen LogP) is -3.77. The van der Waals surface area contributed by atoms with Gasteiger partial charge in [-0.25, -0.2) is 0 Å². The number of aliphatic hydroxyl groups is 6. The maximum Gasteiger partial charge on any atom is 0.198 e. The topological polar surface area (TPSA) is 143 Å². The Labute approximate surface area is 128 Å². The Hall–Kier alpha value is -0.360. The molecule has 2 heterocycles. The highest BCUT2D eigenvalue weighted by Crippen LogP contribution is 2.35. The van der Waals surface area contributed by atoms with Crippen molar-refractivity contribution >= 4 is 0 Å². The zero-order valence-electron chi connectivity index (χ0n) is 12.4. The fourth-order valence-electron chi connectivity index (χ4n) is 3.22. The van der Waals surface area contributed by atoms with Crippen molar-refractivity contribution in [3.05, 3.63) is 0 Å². The molecule has 2 aliphatic heterocycles. The number of likely N-dealkylation sites (tertiary alicyclic amines) is 1. The second kappa shape index (κ2) is 7.04. The monoisotopic (exact) mass is 323 g/mol. The molecular formula is C13H25NO8. The summed E-state index contributed by atoms with van der Waals surface area (Å²) in [4.78, 5) is 1.67. The van der Waals surface area contributed by atoms with E-state index in [2.05, 4.69) is 0 Å². The quantitative estimate of drug-likeness (QED) is 0.290. The molecule has 0 saturated carbocycles. The van der Waals surface area contributed by atoms with E-state index in [4.69, 9.17) is 14.6 Å². The van der Waals surface area contributed by atoms with Gasteiger partial charge in [-0.1, -0.05) is 0 Å².